The van der Waals surface area contributed by atoms with Gasteiger partial charge in [0.25, 0.3) is 0 Å². The lowest BCUT2D eigenvalue weighted by Gasteiger charge is -2.24. The monoisotopic (exact) mass is 481 g/mol. The van der Waals surface area contributed by atoms with E-state index in [0.29, 0.717) is 27.8 Å². The predicted octanol–water partition coefficient (Wildman–Crippen LogP) is 4.40. The molecule has 2 rings (SSSR count). The Morgan fingerprint density at radius 3 is 2.10 bits per heavy atom. The lowest BCUT2D eigenvalue weighted by Crippen LogP contribution is -2.32. The summed E-state index contributed by atoms with van der Waals surface area (Å²) in [7, 11) is 1.55. The van der Waals surface area contributed by atoms with Crippen LogP contribution in [0.2, 0.25) is 0 Å². The number of hydrogen-bond acceptors (Lipinski definition) is 6. The molecule has 0 fully saturated rings. The third kappa shape index (κ3) is 5.12. The highest BCUT2D eigenvalue weighted by Gasteiger charge is 2.20. The molecule has 0 amide bonds. The molecule has 0 saturated heterocycles. The van der Waals surface area contributed by atoms with Gasteiger partial charge in [-0.15, -0.1) is 0 Å². The van der Waals surface area contributed by atoms with Gasteiger partial charge in [0.2, 0.25) is 0 Å². The van der Waals surface area contributed by atoms with Crippen molar-refractivity contribution in [2.45, 2.75) is 38.0 Å². The van der Waals surface area contributed by atoms with Gasteiger partial charge in [-0.2, -0.15) is 0 Å². The van der Waals surface area contributed by atoms with Crippen LogP contribution < -0.4 is 26.1 Å². The van der Waals surface area contributed by atoms with Gasteiger partial charge < -0.3 is 15.2 Å². The number of benzene rings is 2. The number of halogens is 1. The molecule has 29 heavy (non-hydrogen) atoms. The van der Waals surface area contributed by atoms with E-state index in [2.05, 4.69) is 36.7 Å². The Kier molecular flexibility index (Phi) is 7.37. The summed E-state index contributed by atoms with van der Waals surface area (Å²) in [5.74, 6) is 7.40. The average molecular weight is 482 g/mol. The standard InChI is InChI=1S/C21H28BrN3O3S/c1-13(25(24)17-12-18(27-5)16(22)11-19(17)28-6)20(23)29(26)15-9-7-14(8-10-15)21(2,3)4/h7-12H,23-24H2,1-6H3/b20-13+. The summed E-state index contributed by atoms with van der Waals surface area (Å²) >= 11 is 3.42. The number of rotatable bonds is 6. The predicted molar refractivity (Wildman–Crippen MR) is 122 cm³/mol. The van der Waals surface area contributed by atoms with Gasteiger partial charge in [0.05, 0.1) is 24.4 Å². The topological polar surface area (TPSA) is 90.8 Å². The molecule has 6 nitrogen and oxygen atoms in total. The van der Waals surface area contributed by atoms with Crippen LogP contribution in [0, 0.1) is 0 Å². The van der Waals surface area contributed by atoms with Crippen molar-refractivity contribution in [2.75, 3.05) is 19.2 Å². The first-order chi connectivity index (χ1) is 13.5. The summed E-state index contributed by atoms with van der Waals surface area (Å²) in [4.78, 5) is 0.614. The Morgan fingerprint density at radius 1 is 1.07 bits per heavy atom. The van der Waals surface area contributed by atoms with Crippen molar-refractivity contribution >= 4 is 32.4 Å². The molecule has 0 spiro atoms. The molecule has 1 unspecified atom stereocenters. The maximum absolute atomic E-state index is 13.0. The van der Waals surface area contributed by atoms with Crippen molar-refractivity contribution < 1.29 is 13.7 Å². The Labute approximate surface area is 183 Å². The second kappa shape index (κ2) is 9.19. The molecule has 0 radical (unpaired) electrons. The first-order valence-corrected chi connectivity index (χ1v) is 10.9. The summed E-state index contributed by atoms with van der Waals surface area (Å²) in [6.07, 6.45) is 0. The van der Waals surface area contributed by atoms with E-state index in [-0.39, 0.29) is 10.4 Å². The molecule has 0 bridgehead atoms. The van der Waals surface area contributed by atoms with E-state index in [1.165, 1.54) is 5.01 Å². The minimum atomic E-state index is -1.55. The fraction of sp³-hybridized carbons (Fsp3) is 0.333. The number of hydrazine groups is 1. The minimum absolute atomic E-state index is 0.0164. The van der Waals surface area contributed by atoms with Gasteiger partial charge in [-0.1, -0.05) is 32.9 Å². The van der Waals surface area contributed by atoms with Gasteiger partial charge in [0, 0.05) is 17.0 Å². The van der Waals surface area contributed by atoms with Crippen LogP contribution in [0.15, 0.2) is 56.5 Å². The molecule has 2 aromatic carbocycles. The Balaban J connectivity index is 2.40. The molecule has 4 N–H and O–H groups in total. The SMILES string of the molecule is COc1cc(N(N)/C(C)=C(\N)S(=O)c2ccc(C(C)(C)C)cc2)c(OC)cc1Br. The summed E-state index contributed by atoms with van der Waals surface area (Å²) < 4.78 is 24.5. The van der Waals surface area contributed by atoms with E-state index in [0.717, 1.165) is 10.0 Å². The van der Waals surface area contributed by atoms with Crippen molar-refractivity contribution in [2.24, 2.45) is 11.6 Å². The fourth-order valence-electron chi connectivity index (χ4n) is 2.67. The summed E-state index contributed by atoms with van der Waals surface area (Å²) in [5.41, 5.74) is 8.38. The zero-order valence-electron chi connectivity index (χ0n) is 17.6. The van der Waals surface area contributed by atoms with Crippen LogP contribution in [0.3, 0.4) is 0 Å². The highest BCUT2D eigenvalue weighted by molar-refractivity contribution is 9.10. The molecule has 0 heterocycles. The lowest BCUT2D eigenvalue weighted by atomic mass is 9.87. The molecular weight excluding hydrogens is 454 g/mol. The van der Waals surface area contributed by atoms with E-state index >= 15 is 0 Å². The molecule has 8 heteroatoms. The van der Waals surface area contributed by atoms with Crippen LogP contribution in [0.5, 0.6) is 11.5 Å². The fourth-order valence-corrected chi connectivity index (χ4v) is 4.16. The highest BCUT2D eigenvalue weighted by atomic mass is 79.9. The molecule has 0 saturated carbocycles. The Hall–Kier alpha value is -2.03. The number of anilines is 1. The number of hydrogen-bond donors (Lipinski definition) is 2. The van der Waals surface area contributed by atoms with Crippen LogP contribution in [-0.2, 0) is 16.2 Å². The second-order valence-electron chi connectivity index (χ2n) is 7.52. The lowest BCUT2D eigenvalue weighted by molar-refractivity contribution is 0.401. The Morgan fingerprint density at radius 2 is 1.62 bits per heavy atom. The third-order valence-corrected chi connectivity index (χ3v) is 6.58. The largest absolute Gasteiger partial charge is 0.495 e. The van der Waals surface area contributed by atoms with Crippen LogP contribution in [-0.4, -0.2) is 18.4 Å². The van der Waals surface area contributed by atoms with Crippen molar-refractivity contribution in [1.82, 2.24) is 0 Å². The Bertz CT molecular complexity index is 937. The molecule has 1 atom stereocenters. The maximum Gasteiger partial charge on any atom is 0.145 e. The number of nitrogens with zero attached hydrogens (tertiary/aromatic N) is 1. The highest BCUT2D eigenvalue weighted by Crippen LogP contribution is 2.38. The normalized spacial score (nSPS) is 13.5. The summed E-state index contributed by atoms with van der Waals surface area (Å²) in [6, 6.07) is 11.1. The summed E-state index contributed by atoms with van der Waals surface area (Å²) in [5, 5.41) is 1.52. The van der Waals surface area contributed by atoms with Crippen LogP contribution >= 0.6 is 15.9 Å². The zero-order chi connectivity index (χ0) is 21.9. The number of nitrogens with two attached hydrogens (primary N) is 2. The van der Waals surface area contributed by atoms with Gasteiger partial charge >= 0.3 is 0 Å². The molecule has 0 aromatic heterocycles. The van der Waals surface area contributed by atoms with Gasteiger partial charge in [0.15, 0.2) is 0 Å². The van der Waals surface area contributed by atoms with Crippen LogP contribution in [0.25, 0.3) is 0 Å². The number of ether oxygens (including phenoxy) is 2. The van der Waals surface area contributed by atoms with E-state index in [1.54, 1.807) is 33.3 Å². The second-order valence-corrected chi connectivity index (χ2v) is 9.82. The van der Waals surface area contributed by atoms with Gasteiger partial charge in [-0.25, -0.2) is 10.1 Å². The molecule has 0 aliphatic carbocycles. The number of allylic oxidation sites excluding steroid dienone is 1. The molecular formula is C21H28BrN3O3S. The van der Waals surface area contributed by atoms with E-state index in [1.807, 2.05) is 24.3 Å². The van der Waals surface area contributed by atoms with Crippen LogP contribution in [0.4, 0.5) is 5.69 Å². The molecule has 0 aliphatic rings. The van der Waals surface area contributed by atoms with E-state index < -0.39 is 10.8 Å². The van der Waals surface area contributed by atoms with Gasteiger partial charge in [0.1, 0.15) is 33.0 Å². The quantitative estimate of drug-likeness (QED) is 0.469. The molecule has 2 aromatic rings. The van der Waals surface area contributed by atoms with E-state index in [4.69, 9.17) is 21.1 Å². The molecule has 158 valence electrons. The zero-order valence-corrected chi connectivity index (χ0v) is 20.0. The summed E-state index contributed by atoms with van der Waals surface area (Å²) in [6.45, 7) is 8.10. The number of methoxy groups -OCH3 is 2. The van der Waals surface area contributed by atoms with Crippen molar-refractivity contribution in [3.05, 3.63) is 57.2 Å². The smallest absolute Gasteiger partial charge is 0.145 e. The average Bonchev–Trinajstić information content (AvgIpc) is 2.70. The molecule has 0 aliphatic heterocycles. The van der Waals surface area contributed by atoms with Gasteiger partial charge in [-0.05, 0) is 46.0 Å². The van der Waals surface area contributed by atoms with E-state index in [9.17, 15) is 4.21 Å². The van der Waals surface area contributed by atoms with Crippen molar-refractivity contribution in [1.29, 1.82) is 0 Å². The van der Waals surface area contributed by atoms with Crippen molar-refractivity contribution in [3.8, 4) is 11.5 Å². The van der Waals surface area contributed by atoms with Crippen molar-refractivity contribution in [3.63, 3.8) is 0 Å². The first-order valence-electron chi connectivity index (χ1n) is 8.96. The maximum atomic E-state index is 13.0. The minimum Gasteiger partial charge on any atom is -0.495 e. The van der Waals surface area contributed by atoms with Crippen LogP contribution in [0.1, 0.15) is 33.3 Å². The first kappa shape index (κ1) is 23.3. The third-order valence-electron chi connectivity index (χ3n) is 4.56. The van der Waals surface area contributed by atoms with Gasteiger partial charge in [-0.3, -0.25) is 5.01 Å².